The van der Waals surface area contributed by atoms with Crippen LogP contribution in [0, 0.1) is 10.1 Å². The molecule has 0 aliphatic rings. The quantitative estimate of drug-likeness (QED) is 0.126. The number of carbonyl (C=O) groups excluding carboxylic acids is 1. The summed E-state index contributed by atoms with van der Waals surface area (Å²) in [5.41, 5.74) is 0.382. The van der Waals surface area contributed by atoms with E-state index in [0.717, 1.165) is 51.4 Å². The minimum absolute atomic E-state index is 0.0273. The molecular weight excluding hydrogens is 433 g/mol. The Kier molecular flexibility index (Phi) is 12.2. The van der Waals surface area contributed by atoms with Crippen molar-refractivity contribution in [2.45, 2.75) is 64.4 Å². The van der Waals surface area contributed by atoms with Crippen LogP contribution in [0.25, 0.3) is 0 Å². The van der Waals surface area contributed by atoms with Crippen molar-refractivity contribution in [3.8, 4) is 0 Å². The Labute approximate surface area is 175 Å². The highest BCUT2D eigenvalue weighted by Crippen LogP contribution is 2.63. The van der Waals surface area contributed by atoms with Crippen molar-refractivity contribution in [1.29, 1.82) is 0 Å². The van der Waals surface area contributed by atoms with Gasteiger partial charge in [0, 0.05) is 18.2 Å². The number of hydrogen-bond acceptors (Lipinski definition) is 4. The molecule has 1 aromatic rings. The van der Waals surface area contributed by atoms with Gasteiger partial charge in [0.25, 0.3) is 5.69 Å². The lowest BCUT2D eigenvalue weighted by Crippen LogP contribution is -2.06. The van der Waals surface area contributed by atoms with E-state index in [-0.39, 0.29) is 18.3 Å². The largest absolute Gasteiger partial charge is 0.461 e. The van der Waals surface area contributed by atoms with Crippen molar-refractivity contribution in [2.24, 2.45) is 0 Å². The summed E-state index contributed by atoms with van der Waals surface area (Å²) in [4.78, 5) is 22.2. The number of nitro groups is 1. The number of rotatable bonds is 14. The van der Waals surface area contributed by atoms with E-state index in [0.29, 0.717) is 17.7 Å². The van der Waals surface area contributed by atoms with Gasteiger partial charge in [-0.25, -0.2) is 0 Å². The SMILES string of the molecule is O=C(CCCCCCCCCCS(Cl)(Cl)Cl)OCc1ccccc1[N+](=O)[O-]. The van der Waals surface area contributed by atoms with Crippen molar-refractivity contribution in [1.82, 2.24) is 0 Å². The normalized spacial score (nSPS) is 12.0. The minimum Gasteiger partial charge on any atom is -0.461 e. The molecule has 0 saturated heterocycles. The molecule has 9 heteroatoms. The van der Waals surface area contributed by atoms with E-state index in [9.17, 15) is 14.9 Å². The van der Waals surface area contributed by atoms with Gasteiger partial charge in [0.1, 0.15) is 6.61 Å². The van der Waals surface area contributed by atoms with Crippen molar-refractivity contribution in [2.75, 3.05) is 5.75 Å². The van der Waals surface area contributed by atoms with Crippen molar-refractivity contribution in [3.05, 3.63) is 39.9 Å². The first-order chi connectivity index (χ1) is 12.8. The van der Waals surface area contributed by atoms with Gasteiger partial charge >= 0.3 is 5.97 Å². The summed E-state index contributed by atoms with van der Waals surface area (Å²) >= 11 is 0. The molecule has 0 amide bonds. The van der Waals surface area contributed by atoms with E-state index < -0.39 is 12.6 Å². The maximum atomic E-state index is 11.8. The smallest absolute Gasteiger partial charge is 0.306 e. The van der Waals surface area contributed by atoms with E-state index >= 15 is 0 Å². The van der Waals surface area contributed by atoms with Crippen LogP contribution >= 0.6 is 39.7 Å². The molecule has 154 valence electrons. The van der Waals surface area contributed by atoms with Gasteiger partial charge in [-0.2, -0.15) is 0 Å². The van der Waals surface area contributed by atoms with Gasteiger partial charge in [0.15, 0.2) is 0 Å². The molecule has 0 fully saturated rings. The predicted molar refractivity (Wildman–Crippen MR) is 114 cm³/mol. The van der Waals surface area contributed by atoms with Crippen LogP contribution in [-0.4, -0.2) is 16.6 Å². The molecule has 0 N–H and O–H groups in total. The summed E-state index contributed by atoms with van der Waals surface area (Å²) in [6, 6.07) is 6.28. The Morgan fingerprint density at radius 3 is 2.11 bits per heavy atom. The molecule has 0 aromatic heterocycles. The predicted octanol–water partition coefficient (Wildman–Crippen LogP) is 7.41. The molecule has 0 aliphatic heterocycles. The second kappa shape index (κ2) is 13.5. The van der Waals surface area contributed by atoms with Gasteiger partial charge in [-0.05, 0) is 58.6 Å². The van der Waals surface area contributed by atoms with Crippen molar-refractivity contribution < 1.29 is 14.5 Å². The van der Waals surface area contributed by atoms with Gasteiger partial charge in [0.2, 0.25) is 0 Å². The Hall–Kier alpha value is -0.690. The fourth-order valence-electron chi connectivity index (χ4n) is 2.64. The van der Waals surface area contributed by atoms with Crippen LogP contribution < -0.4 is 0 Å². The van der Waals surface area contributed by atoms with Gasteiger partial charge in [-0.15, -0.1) is 0 Å². The molecular formula is C18H26Cl3NO4S. The Morgan fingerprint density at radius 1 is 0.963 bits per heavy atom. The van der Waals surface area contributed by atoms with Crippen LogP contribution in [0.15, 0.2) is 24.3 Å². The van der Waals surface area contributed by atoms with Gasteiger partial charge in [-0.1, -0.05) is 50.7 Å². The molecule has 1 aromatic carbocycles. The van der Waals surface area contributed by atoms with E-state index in [1.807, 2.05) is 0 Å². The number of para-hydroxylation sites is 1. The zero-order valence-electron chi connectivity index (χ0n) is 15.2. The first kappa shape index (κ1) is 24.3. The standard InChI is InChI=1S/C18H26Cl3NO4S/c19-27(20,21)14-10-6-4-2-1-3-5-7-13-18(23)26-15-16-11-8-9-12-17(16)22(24)25/h8-9,11-12H,1-7,10,13-15H2. The highest BCUT2D eigenvalue weighted by atomic mass is 36.2. The molecule has 0 spiro atoms. The van der Waals surface area contributed by atoms with Crippen LogP contribution in [0.4, 0.5) is 5.69 Å². The zero-order valence-corrected chi connectivity index (χ0v) is 18.3. The zero-order chi connectivity index (χ0) is 20.1. The Bertz CT molecular complexity index is 596. The minimum atomic E-state index is -1.93. The summed E-state index contributed by atoms with van der Waals surface area (Å²) in [7, 11) is 15.4. The molecule has 5 nitrogen and oxygen atoms in total. The fourth-order valence-corrected chi connectivity index (χ4v) is 4.15. The lowest BCUT2D eigenvalue weighted by atomic mass is 10.1. The van der Waals surface area contributed by atoms with Crippen LogP contribution in [-0.2, 0) is 16.1 Å². The Balaban J connectivity index is 2.03. The number of halogens is 3. The van der Waals surface area contributed by atoms with Gasteiger partial charge in [0.05, 0.1) is 10.5 Å². The number of nitrogens with zero attached hydrogens (tertiary/aromatic N) is 1. The average Bonchev–Trinajstić information content (AvgIpc) is 2.60. The average molecular weight is 459 g/mol. The highest BCUT2D eigenvalue weighted by Gasteiger charge is 2.14. The fraction of sp³-hybridized carbons (Fsp3) is 0.611. The molecule has 0 heterocycles. The number of unbranched alkanes of at least 4 members (excludes halogenated alkanes) is 7. The third-order valence-corrected chi connectivity index (χ3v) is 6.22. The van der Waals surface area contributed by atoms with Crippen molar-refractivity contribution >= 4 is 51.4 Å². The van der Waals surface area contributed by atoms with Crippen LogP contribution in [0.5, 0.6) is 0 Å². The topological polar surface area (TPSA) is 69.4 Å². The number of hydrogen-bond donors (Lipinski definition) is 0. The summed E-state index contributed by atoms with van der Waals surface area (Å²) in [5.74, 6) is 0.355. The van der Waals surface area contributed by atoms with Gasteiger partial charge < -0.3 is 4.74 Å². The van der Waals surface area contributed by atoms with Crippen LogP contribution in [0.2, 0.25) is 0 Å². The molecule has 1 rings (SSSR count). The highest BCUT2D eigenvalue weighted by molar-refractivity contribution is 8.79. The maximum Gasteiger partial charge on any atom is 0.306 e. The monoisotopic (exact) mass is 457 g/mol. The van der Waals surface area contributed by atoms with Gasteiger partial charge in [-0.3, -0.25) is 14.9 Å². The summed E-state index contributed by atoms with van der Waals surface area (Å²) in [6.07, 6.45) is 8.61. The third-order valence-electron chi connectivity index (χ3n) is 4.08. The molecule has 0 atom stereocenters. The molecule has 0 bridgehead atoms. The third kappa shape index (κ3) is 12.4. The number of ether oxygens (including phenoxy) is 1. The van der Waals surface area contributed by atoms with E-state index in [4.69, 9.17) is 36.8 Å². The number of esters is 1. The van der Waals surface area contributed by atoms with E-state index in [2.05, 4.69) is 0 Å². The molecule has 0 saturated carbocycles. The number of carbonyl (C=O) groups is 1. The summed E-state index contributed by atoms with van der Waals surface area (Å²) < 4.78 is 5.14. The summed E-state index contributed by atoms with van der Waals surface area (Å²) in [5, 5.41) is 10.9. The first-order valence-electron chi connectivity index (χ1n) is 9.07. The van der Waals surface area contributed by atoms with Crippen LogP contribution in [0.1, 0.15) is 63.4 Å². The molecule has 0 radical (unpaired) electrons. The van der Waals surface area contributed by atoms with Crippen LogP contribution in [0.3, 0.4) is 0 Å². The van der Waals surface area contributed by atoms with E-state index in [1.54, 1.807) is 18.2 Å². The molecule has 0 unspecified atom stereocenters. The molecule has 27 heavy (non-hydrogen) atoms. The maximum absolute atomic E-state index is 11.8. The second-order valence-corrected chi connectivity index (χ2v) is 13.9. The summed E-state index contributed by atoms with van der Waals surface area (Å²) in [6.45, 7) is -0.0636. The number of benzene rings is 1. The lowest BCUT2D eigenvalue weighted by Gasteiger charge is -2.14. The number of nitro benzene ring substituents is 1. The molecule has 0 aliphatic carbocycles. The lowest BCUT2D eigenvalue weighted by molar-refractivity contribution is -0.385. The van der Waals surface area contributed by atoms with E-state index in [1.165, 1.54) is 6.07 Å². The first-order valence-corrected chi connectivity index (χ1v) is 13.4. The Morgan fingerprint density at radius 2 is 1.52 bits per heavy atom. The second-order valence-electron chi connectivity index (χ2n) is 6.33. The van der Waals surface area contributed by atoms with Crippen molar-refractivity contribution in [3.63, 3.8) is 0 Å².